The monoisotopic (exact) mass is 482 g/mol. The minimum atomic E-state index is -3.57. The lowest BCUT2D eigenvalue weighted by Gasteiger charge is -2.13. The van der Waals surface area contributed by atoms with Gasteiger partial charge >= 0.3 is 0 Å². The molecule has 1 N–H and O–H groups in total. The third-order valence-electron chi connectivity index (χ3n) is 4.72. The molecule has 3 aromatic carbocycles. The Morgan fingerprint density at radius 2 is 1.57 bits per heavy atom. The summed E-state index contributed by atoms with van der Waals surface area (Å²) in [5, 5.41) is 4.29. The molecule has 0 fully saturated rings. The summed E-state index contributed by atoms with van der Waals surface area (Å²) >= 11 is 3.33. The van der Waals surface area contributed by atoms with E-state index in [4.69, 9.17) is 4.74 Å². The summed E-state index contributed by atoms with van der Waals surface area (Å²) in [6.07, 6.45) is 0. The van der Waals surface area contributed by atoms with Gasteiger partial charge in [0.15, 0.2) is 0 Å². The van der Waals surface area contributed by atoms with Crippen molar-refractivity contribution >= 4 is 48.0 Å². The molecule has 0 saturated heterocycles. The third kappa shape index (κ3) is 3.91. The topological polar surface area (TPSA) is 68.3 Å². The molecular formula is C23H19BrN2O3S. The summed E-state index contributed by atoms with van der Waals surface area (Å²) in [6.45, 7) is 1.92. The van der Waals surface area contributed by atoms with Crippen molar-refractivity contribution < 1.29 is 13.2 Å². The van der Waals surface area contributed by atoms with Crippen LogP contribution in [0, 0.1) is 6.92 Å². The summed E-state index contributed by atoms with van der Waals surface area (Å²) < 4.78 is 32.0. The lowest BCUT2D eigenvalue weighted by molar-refractivity contribution is 0.419. The predicted octanol–water partition coefficient (Wildman–Crippen LogP) is 5.89. The van der Waals surface area contributed by atoms with Gasteiger partial charge in [0.25, 0.3) is 0 Å². The van der Waals surface area contributed by atoms with Gasteiger partial charge in [-0.25, -0.2) is 13.4 Å². The molecule has 0 unspecified atom stereocenters. The molecule has 0 saturated carbocycles. The number of fused-ring (bicyclic) bond motifs is 1. The minimum absolute atomic E-state index is 0.243. The van der Waals surface area contributed by atoms with Gasteiger partial charge in [-0.2, -0.15) is 0 Å². The molecule has 4 rings (SSSR count). The average molecular weight is 483 g/mol. The highest BCUT2D eigenvalue weighted by Crippen LogP contribution is 2.32. The first-order chi connectivity index (χ1) is 14.4. The Kier molecular flexibility index (Phi) is 5.49. The van der Waals surface area contributed by atoms with Gasteiger partial charge in [0, 0.05) is 26.9 Å². The Hall–Kier alpha value is -2.90. The van der Waals surface area contributed by atoms with Crippen LogP contribution in [0.4, 0.5) is 11.4 Å². The second-order valence-electron chi connectivity index (χ2n) is 6.77. The lowest BCUT2D eigenvalue weighted by atomic mass is 10.1. The maximum absolute atomic E-state index is 12.8. The normalized spacial score (nSPS) is 11.4. The van der Waals surface area contributed by atoms with Gasteiger partial charge in [-0.3, -0.25) is 0 Å². The molecule has 0 bridgehead atoms. The van der Waals surface area contributed by atoms with Crippen LogP contribution in [0.2, 0.25) is 0 Å². The molecular weight excluding hydrogens is 464 g/mol. The number of aromatic nitrogens is 1. The van der Waals surface area contributed by atoms with Gasteiger partial charge in [-0.1, -0.05) is 28.1 Å². The van der Waals surface area contributed by atoms with E-state index in [1.165, 1.54) is 0 Å². The molecule has 0 atom stereocenters. The summed E-state index contributed by atoms with van der Waals surface area (Å²) in [7, 11) is -1.95. The van der Waals surface area contributed by atoms with Crippen LogP contribution in [0.1, 0.15) is 5.69 Å². The smallest absolute Gasteiger partial charge is 0.206 e. The Balaban J connectivity index is 1.67. The number of halogens is 1. The largest absolute Gasteiger partial charge is 0.494 e. The summed E-state index contributed by atoms with van der Waals surface area (Å²) in [5.74, 6) is 0.704. The van der Waals surface area contributed by atoms with Crippen LogP contribution >= 0.6 is 15.9 Å². The van der Waals surface area contributed by atoms with Crippen molar-refractivity contribution in [1.29, 1.82) is 0 Å². The number of rotatable bonds is 5. The van der Waals surface area contributed by atoms with Crippen LogP contribution in [0.15, 0.2) is 87.1 Å². The molecule has 0 aliphatic carbocycles. The number of anilines is 2. The predicted molar refractivity (Wildman–Crippen MR) is 122 cm³/mol. The molecule has 0 spiro atoms. The van der Waals surface area contributed by atoms with E-state index in [0.29, 0.717) is 5.75 Å². The summed E-state index contributed by atoms with van der Waals surface area (Å²) in [5.41, 5.74) is 3.28. The van der Waals surface area contributed by atoms with Gasteiger partial charge < -0.3 is 10.1 Å². The highest BCUT2D eigenvalue weighted by atomic mass is 79.9. The van der Waals surface area contributed by atoms with Crippen molar-refractivity contribution in [2.45, 2.75) is 16.7 Å². The first kappa shape index (κ1) is 20.4. The van der Waals surface area contributed by atoms with Gasteiger partial charge in [-0.05, 0) is 67.6 Å². The van der Waals surface area contributed by atoms with E-state index in [-0.39, 0.29) is 9.79 Å². The Morgan fingerprint density at radius 3 is 2.20 bits per heavy atom. The van der Waals surface area contributed by atoms with Gasteiger partial charge in [0.1, 0.15) is 11.3 Å². The molecule has 152 valence electrons. The number of ether oxygens (including phenoxy) is 1. The standard InChI is InChI=1S/C23H19BrN2O3S/c1-15-14-21(20-4-3-5-22(29-2)23(20)25-15)26-17-8-12-19(13-9-17)30(27,28)18-10-6-16(24)7-11-18/h3-14H,1-2H3,(H,25,26). The molecule has 1 heterocycles. The maximum atomic E-state index is 12.8. The van der Waals surface area contributed by atoms with E-state index < -0.39 is 9.84 Å². The third-order valence-corrected chi connectivity index (χ3v) is 7.03. The fraction of sp³-hybridized carbons (Fsp3) is 0.0870. The van der Waals surface area contributed by atoms with Crippen LogP contribution in [0.3, 0.4) is 0 Å². The molecule has 1 aromatic heterocycles. The fourth-order valence-electron chi connectivity index (χ4n) is 3.24. The molecule has 0 radical (unpaired) electrons. The zero-order valence-electron chi connectivity index (χ0n) is 16.4. The molecule has 0 amide bonds. The number of nitrogens with one attached hydrogen (secondary N) is 1. The van der Waals surface area contributed by atoms with E-state index >= 15 is 0 Å². The fourth-order valence-corrected chi connectivity index (χ4v) is 4.77. The minimum Gasteiger partial charge on any atom is -0.494 e. The van der Waals surface area contributed by atoms with Crippen LogP contribution in [0.25, 0.3) is 10.9 Å². The second kappa shape index (κ2) is 8.08. The Bertz CT molecular complexity index is 1320. The van der Waals surface area contributed by atoms with Crippen molar-refractivity contribution in [1.82, 2.24) is 4.98 Å². The van der Waals surface area contributed by atoms with Crippen molar-refractivity contribution in [3.8, 4) is 5.75 Å². The van der Waals surface area contributed by atoms with E-state index in [9.17, 15) is 8.42 Å². The van der Waals surface area contributed by atoms with Crippen molar-refractivity contribution in [3.05, 3.63) is 83.0 Å². The molecule has 30 heavy (non-hydrogen) atoms. The molecule has 4 aromatic rings. The van der Waals surface area contributed by atoms with E-state index in [1.807, 2.05) is 31.2 Å². The van der Waals surface area contributed by atoms with Crippen LogP contribution in [-0.4, -0.2) is 20.5 Å². The molecule has 0 aliphatic heterocycles. The SMILES string of the molecule is COc1cccc2c(Nc3ccc(S(=O)(=O)c4ccc(Br)cc4)cc3)cc(C)nc12. The van der Waals surface area contributed by atoms with E-state index in [2.05, 4.69) is 26.2 Å². The average Bonchev–Trinajstić information content (AvgIpc) is 2.74. The number of benzene rings is 3. The van der Waals surface area contributed by atoms with E-state index in [1.54, 1.807) is 55.6 Å². The highest BCUT2D eigenvalue weighted by Gasteiger charge is 2.17. The number of pyridine rings is 1. The van der Waals surface area contributed by atoms with Crippen LogP contribution < -0.4 is 10.1 Å². The van der Waals surface area contributed by atoms with Crippen LogP contribution in [0.5, 0.6) is 5.75 Å². The maximum Gasteiger partial charge on any atom is 0.206 e. The number of nitrogens with zero attached hydrogens (tertiary/aromatic N) is 1. The number of para-hydroxylation sites is 1. The first-order valence-electron chi connectivity index (χ1n) is 9.20. The molecule has 5 nitrogen and oxygen atoms in total. The van der Waals surface area contributed by atoms with Gasteiger partial charge in [0.2, 0.25) is 9.84 Å². The van der Waals surface area contributed by atoms with Gasteiger partial charge in [0.05, 0.1) is 16.9 Å². The number of sulfone groups is 1. The Labute approximate surface area is 183 Å². The van der Waals surface area contributed by atoms with Crippen LogP contribution in [-0.2, 0) is 9.84 Å². The lowest BCUT2D eigenvalue weighted by Crippen LogP contribution is -2.02. The summed E-state index contributed by atoms with van der Waals surface area (Å²) in [4.78, 5) is 5.09. The second-order valence-corrected chi connectivity index (χ2v) is 9.64. The highest BCUT2D eigenvalue weighted by molar-refractivity contribution is 9.10. The molecule has 7 heteroatoms. The number of aryl methyl sites for hydroxylation is 1. The number of hydrogen-bond donors (Lipinski definition) is 1. The zero-order valence-corrected chi connectivity index (χ0v) is 18.8. The molecule has 0 aliphatic rings. The zero-order chi connectivity index (χ0) is 21.3. The quantitative estimate of drug-likeness (QED) is 0.383. The van der Waals surface area contributed by atoms with Crippen molar-refractivity contribution in [2.24, 2.45) is 0 Å². The van der Waals surface area contributed by atoms with Crippen molar-refractivity contribution in [3.63, 3.8) is 0 Å². The van der Waals surface area contributed by atoms with E-state index in [0.717, 1.165) is 32.4 Å². The van der Waals surface area contributed by atoms with Crippen molar-refractivity contribution in [2.75, 3.05) is 12.4 Å². The first-order valence-corrected chi connectivity index (χ1v) is 11.5. The summed E-state index contributed by atoms with van der Waals surface area (Å²) in [6, 6.07) is 21.1. The number of hydrogen-bond acceptors (Lipinski definition) is 5. The van der Waals surface area contributed by atoms with Gasteiger partial charge in [-0.15, -0.1) is 0 Å². The Morgan fingerprint density at radius 1 is 0.933 bits per heavy atom. The number of methoxy groups -OCH3 is 1.